The smallest absolute Gasteiger partial charge is 0.233 e. The quantitative estimate of drug-likeness (QED) is 0.601. The van der Waals surface area contributed by atoms with Crippen molar-refractivity contribution in [3.05, 3.63) is 60.4 Å². The number of para-hydroxylation sites is 2. The van der Waals surface area contributed by atoms with Gasteiger partial charge in [-0.2, -0.15) is 0 Å². The van der Waals surface area contributed by atoms with Gasteiger partial charge >= 0.3 is 0 Å². The molecular weight excluding hydrogens is 409 g/mol. The summed E-state index contributed by atoms with van der Waals surface area (Å²) in [6, 6.07) is 16.5. The molecule has 1 aliphatic rings. The number of amides is 1. The number of aromatic nitrogens is 2. The van der Waals surface area contributed by atoms with Gasteiger partial charge in [0.2, 0.25) is 11.0 Å². The number of carbonyl (C=O) groups excluding carboxylic acids is 1. The van der Waals surface area contributed by atoms with Crippen molar-refractivity contribution in [2.75, 3.05) is 42.1 Å². The number of nitrogens with zero attached hydrogens (tertiary/aromatic N) is 4. The van der Waals surface area contributed by atoms with E-state index in [2.05, 4.69) is 15.5 Å². The van der Waals surface area contributed by atoms with Crippen LogP contribution in [-0.2, 0) is 4.79 Å². The van der Waals surface area contributed by atoms with Gasteiger partial charge < -0.3 is 15.1 Å². The van der Waals surface area contributed by atoms with Crippen molar-refractivity contribution < 1.29 is 9.18 Å². The third kappa shape index (κ3) is 5.04. The van der Waals surface area contributed by atoms with Gasteiger partial charge in [0.05, 0.1) is 11.4 Å². The minimum atomic E-state index is -0.223. The lowest BCUT2D eigenvalue weighted by molar-refractivity contribution is -0.128. The van der Waals surface area contributed by atoms with E-state index in [9.17, 15) is 9.18 Å². The molecule has 0 saturated carbocycles. The van der Waals surface area contributed by atoms with Crippen molar-refractivity contribution in [1.82, 2.24) is 15.1 Å². The summed E-state index contributed by atoms with van der Waals surface area (Å²) in [6.45, 7) is 2.43. The molecule has 0 bridgehead atoms. The summed E-state index contributed by atoms with van der Waals surface area (Å²) in [4.78, 5) is 16.3. The first-order valence-electron chi connectivity index (χ1n) is 9.25. The summed E-state index contributed by atoms with van der Waals surface area (Å²) in [5.74, 6) is 0.162. The Labute approximate surface area is 176 Å². The average molecular weight is 430 g/mol. The van der Waals surface area contributed by atoms with Crippen LogP contribution in [0.3, 0.4) is 0 Å². The molecule has 2 heterocycles. The zero-order valence-corrected chi connectivity index (χ0v) is 17.3. The summed E-state index contributed by atoms with van der Waals surface area (Å²) in [5.41, 5.74) is 1.55. The van der Waals surface area contributed by atoms with Crippen LogP contribution in [0.2, 0.25) is 0 Å². The van der Waals surface area contributed by atoms with Crippen LogP contribution in [0.1, 0.15) is 0 Å². The van der Waals surface area contributed by atoms with Gasteiger partial charge in [-0.25, -0.2) is 4.39 Å². The summed E-state index contributed by atoms with van der Waals surface area (Å²) >= 11 is 2.82. The number of thioether (sulfide) groups is 1. The molecule has 0 aliphatic carbocycles. The lowest BCUT2D eigenvalue weighted by Crippen LogP contribution is -2.49. The Morgan fingerprint density at radius 3 is 2.52 bits per heavy atom. The minimum absolute atomic E-state index is 0.0657. The van der Waals surface area contributed by atoms with E-state index < -0.39 is 0 Å². The first-order valence-corrected chi connectivity index (χ1v) is 11.0. The molecule has 6 nitrogen and oxygen atoms in total. The molecule has 1 saturated heterocycles. The van der Waals surface area contributed by atoms with Crippen LogP contribution in [0.5, 0.6) is 0 Å². The van der Waals surface area contributed by atoms with Gasteiger partial charge in [0.1, 0.15) is 5.82 Å². The maximum atomic E-state index is 13.9. The number of nitrogens with one attached hydrogen (secondary N) is 1. The second-order valence-corrected chi connectivity index (χ2v) is 8.67. The molecule has 3 aromatic rings. The average Bonchev–Trinajstić information content (AvgIpc) is 3.20. The van der Waals surface area contributed by atoms with Gasteiger partial charge in [0.25, 0.3) is 0 Å². The van der Waals surface area contributed by atoms with E-state index in [-0.39, 0.29) is 11.7 Å². The monoisotopic (exact) mass is 429 g/mol. The largest absolute Gasteiger partial charge is 0.366 e. The van der Waals surface area contributed by atoms with E-state index in [1.165, 1.54) is 29.2 Å². The highest BCUT2D eigenvalue weighted by molar-refractivity contribution is 8.01. The van der Waals surface area contributed by atoms with Gasteiger partial charge in [0.15, 0.2) is 4.34 Å². The SMILES string of the molecule is O=C(CSc1nnc(Nc2ccccc2)s1)N1CCN(c2ccccc2F)CC1. The maximum Gasteiger partial charge on any atom is 0.233 e. The predicted octanol–water partition coefficient (Wildman–Crippen LogP) is 3.86. The van der Waals surface area contributed by atoms with Crippen molar-refractivity contribution in [1.29, 1.82) is 0 Å². The molecular formula is C20H20FN5OS2. The molecule has 1 N–H and O–H groups in total. The predicted molar refractivity (Wildman–Crippen MR) is 116 cm³/mol. The number of rotatable bonds is 6. The number of halogens is 1. The highest BCUT2D eigenvalue weighted by atomic mass is 32.2. The molecule has 4 rings (SSSR count). The van der Waals surface area contributed by atoms with E-state index >= 15 is 0 Å². The lowest BCUT2D eigenvalue weighted by Gasteiger charge is -2.36. The van der Waals surface area contributed by atoms with Crippen LogP contribution in [0.4, 0.5) is 20.9 Å². The number of hydrogen-bond donors (Lipinski definition) is 1. The van der Waals surface area contributed by atoms with Crippen molar-refractivity contribution in [3.63, 3.8) is 0 Å². The zero-order valence-electron chi connectivity index (χ0n) is 15.6. The molecule has 1 fully saturated rings. The second-order valence-electron chi connectivity index (χ2n) is 6.47. The summed E-state index contributed by atoms with van der Waals surface area (Å²) in [6.07, 6.45) is 0. The third-order valence-corrected chi connectivity index (χ3v) is 6.53. The normalized spacial score (nSPS) is 14.1. The number of benzene rings is 2. The Kier molecular flexibility index (Phi) is 6.26. The number of piperazine rings is 1. The molecule has 2 aromatic carbocycles. The fourth-order valence-electron chi connectivity index (χ4n) is 3.08. The fourth-order valence-corrected chi connectivity index (χ4v) is 4.76. The van der Waals surface area contributed by atoms with Crippen LogP contribution in [0.25, 0.3) is 0 Å². The molecule has 29 heavy (non-hydrogen) atoms. The molecule has 0 unspecified atom stereocenters. The number of hydrogen-bond acceptors (Lipinski definition) is 7. The molecule has 1 amide bonds. The van der Waals surface area contributed by atoms with E-state index in [1.54, 1.807) is 12.1 Å². The van der Waals surface area contributed by atoms with E-state index in [1.807, 2.05) is 46.2 Å². The third-order valence-electron chi connectivity index (χ3n) is 4.58. The minimum Gasteiger partial charge on any atom is -0.366 e. The molecule has 1 aromatic heterocycles. The van der Waals surface area contributed by atoms with Gasteiger partial charge in [-0.05, 0) is 24.3 Å². The molecule has 0 atom stereocenters. The van der Waals surface area contributed by atoms with E-state index in [0.29, 0.717) is 42.8 Å². The molecule has 0 spiro atoms. The van der Waals surface area contributed by atoms with Crippen LogP contribution in [-0.4, -0.2) is 52.9 Å². The Hall–Kier alpha value is -2.65. The van der Waals surface area contributed by atoms with Crippen LogP contribution >= 0.6 is 23.1 Å². The lowest BCUT2D eigenvalue weighted by atomic mass is 10.2. The van der Waals surface area contributed by atoms with Crippen LogP contribution in [0, 0.1) is 5.82 Å². The van der Waals surface area contributed by atoms with Crippen LogP contribution in [0.15, 0.2) is 58.9 Å². The number of carbonyl (C=O) groups is 1. The van der Waals surface area contributed by atoms with Crippen molar-refractivity contribution in [3.8, 4) is 0 Å². The van der Waals surface area contributed by atoms with Gasteiger partial charge in [0, 0.05) is 31.9 Å². The first kappa shape index (κ1) is 19.7. The molecule has 1 aliphatic heterocycles. The number of anilines is 3. The van der Waals surface area contributed by atoms with Crippen molar-refractivity contribution >= 4 is 45.5 Å². The summed E-state index contributed by atoms with van der Waals surface area (Å²) < 4.78 is 14.7. The van der Waals surface area contributed by atoms with Crippen molar-refractivity contribution in [2.45, 2.75) is 4.34 Å². The Morgan fingerprint density at radius 1 is 1.03 bits per heavy atom. The Bertz CT molecular complexity index is 960. The van der Waals surface area contributed by atoms with Gasteiger partial charge in [-0.15, -0.1) is 10.2 Å². The molecule has 150 valence electrons. The maximum absolute atomic E-state index is 13.9. The Balaban J connectivity index is 1.25. The van der Waals surface area contributed by atoms with Crippen molar-refractivity contribution in [2.24, 2.45) is 0 Å². The molecule has 9 heteroatoms. The van der Waals surface area contributed by atoms with Gasteiger partial charge in [-0.1, -0.05) is 53.4 Å². The second kappa shape index (κ2) is 9.23. The standard InChI is InChI=1S/C20H20FN5OS2/c21-16-8-4-5-9-17(16)25-10-12-26(13-11-25)18(27)14-28-20-24-23-19(29-20)22-15-6-2-1-3-7-15/h1-9H,10-14H2,(H,22,23). The van der Waals surface area contributed by atoms with Crippen LogP contribution < -0.4 is 10.2 Å². The topological polar surface area (TPSA) is 61.4 Å². The molecule has 0 radical (unpaired) electrons. The fraction of sp³-hybridized carbons (Fsp3) is 0.250. The summed E-state index contributed by atoms with van der Waals surface area (Å²) in [7, 11) is 0. The zero-order chi connectivity index (χ0) is 20.1. The highest BCUT2D eigenvalue weighted by Gasteiger charge is 2.23. The van der Waals surface area contributed by atoms with E-state index in [0.717, 1.165) is 10.0 Å². The first-order chi connectivity index (χ1) is 14.2. The highest BCUT2D eigenvalue weighted by Crippen LogP contribution is 2.28. The van der Waals surface area contributed by atoms with Gasteiger partial charge in [-0.3, -0.25) is 4.79 Å². The Morgan fingerprint density at radius 2 is 1.76 bits per heavy atom. The summed E-state index contributed by atoms with van der Waals surface area (Å²) in [5, 5.41) is 12.2. The van der Waals surface area contributed by atoms with E-state index in [4.69, 9.17) is 0 Å².